The molecule has 1 atom stereocenters. The van der Waals surface area contributed by atoms with E-state index < -0.39 is 0 Å². The molecule has 1 aromatic carbocycles. The molecule has 0 saturated carbocycles. The van der Waals surface area contributed by atoms with Crippen molar-refractivity contribution >= 4 is 24.0 Å². The maximum Gasteiger partial charge on any atom is 0.228 e. The van der Waals surface area contributed by atoms with E-state index in [9.17, 15) is 4.79 Å². The molecule has 4 nitrogen and oxygen atoms in total. The van der Waals surface area contributed by atoms with E-state index in [0.29, 0.717) is 0 Å². The van der Waals surface area contributed by atoms with Gasteiger partial charge in [-0.2, -0.15) is 0 Å². The summed E-state index contributed by atoms with van der Waals surface area (Å²) in [7, 11) is 1.66. The van der Waals surface area contributed by atoms with Gasteiger partial charge in [0.2, 0.25) is 5.91 Å². The maximum atomic E-state index is 12.2. The highest BCUT2D eigenvalue weighted by Gasteiger charge is 2.21. The van der Waals surface area contributed by atoms with Crippen molar-refractivity contribution < 1.29 is 9.53 Å². The molecule has 112 valence electrons. The van der Waals surface area contributed by atoms with Crippen molar-refractivity contribution in [3.63, 3.8) is 0 Å². The van der Waals surface area contributed by atoms with E-state index in [4.69, 9.17) is 4.74 Å². The number of benzene rings is 1. The Morgan fingerprint density at radius 1 is 1.40 bits per heavy atom. The van der Waals surface area contributed by atoms with Crippen molar-refractivity contribution in [2.45, 2.75) is 26.7 Å². The summed E-state index contributed by atoms with van der Waals surface area (Å²) in [6.07, 6.45) is 2.02. The summed E-state index contributed by atoms with van der Waals surface area (Å²) in [5.74, 6) is 1.02. The Morgan fingerprint density at radius 2 is 2.15 bits per heavy atom. The van der Waals surface area contributed by atoms with E-state index in [0.717, 1.165) is 48.5 Å². The summed E-state index contributed by atoms with van der Waals surface area (Å²) >= 11 is 0. The average Bonchev–Trinajstić information content (AvgIpc) is 2.43. The van der Waals surface area contributed by atoms with Crippen LogP contribution in [0.3, 0.4) is 0 Å². The smallest absolute Gasteiger partial charge is 0.228 e. The molecular weight excluding hydrogens is 276 g/mol. The van der Waals surface area contributed by atoms with Gasteiger partial charge in [-0.05, 0) is 44.9 Å². The van der Waals surface area contributed by atoms with E-state index in [1.807, 2.05) is 26.0 Å². The molecule has 0 unspecified atom stereocenters. The quantitative estimate of drug-likeness (QED) is 0.902. The number of piperidine rings is 1. The van der Waals surface area contributed by atoms with Gasteiger partial charge in [0.1, 0.15) is 5.75 Å². The molecule has 0 bridgehead atoms. The van der Waals surface area contributed by atoms with E-state index in [1.165, 1.54) is 0 Å². The largest absolute Gasteiger partial charge is 0.496 e. The van der Waals surface area contributed by atoms with Gasteiger partial charge < -0.3 is 15.4 Å². The highest BCUT2D eigenvalue weighted by molar-refractivity contribution is 5.93. The van der Waals surface area contributed by atoms with Crippen molar-refractivity contribution in [3.05, 3.63) is 23.3 Å². The number of methoxy groups -OCH3 is 1. The second kappa shape index (κ2) is 7.50. The second-order valence-corrected chi connectivity index (χ2v) is 5.12. The Balaban J connectivity index is 0.00000200. The molecule has 1 saturated heterocycles. The Morgan fingerprint density at radius 3 is 2.75 bits per heavy atom. The van der Waals surface area contributed by atoms with Crippen LogP contribution in [0.1, 0.15) is 24.0 Å². The zero-order valence-corrected chi connectivity index (χ0v) is 13.1. The number of ether oxygens (including phenoxy) is 1. The number of amides is 1. The normalized spacial score (nSPS) is 18.1. The molecular formula is C15H23ClN2O2. The van der Waals surface area contributed by atoms with Gasteiger partial charge in [-0.15, -0.1) is 12.4 Å². The van der Waals surface area contributed by atoms with Crippen molar-refractivity contribution in [1.29, 1.82) is 0 Å². The van der Waals surface area contributed by atoms with E-state index >= 15 is 0 Å². The minimum atomic E-state index is 0. The molecule has 1 aliphatic heterocycles. The number of hydrogen-bond donors (Lipinski definition) is 2. The van der Waals surface area contributed by atoms with Crippen LogP contribution in [0.25, 0.3) is 0 Å². The van der Waals surface area contributed by atoms with Gasteiger partial charge in [0.15, 0.2) is 0 Å². The van der Waals surface area contributed by atoms with E-state index in [2.05, 4.69) is 10.6 Å². The highest BCUT2D eigenvalue weighted by atomic mass is 35.5. The fourth-order valence-electron chi connectivity index (χ4n) is 2.59. The molecule has 5 heteroatoms. The molecule has 2 rings (SSSR count). The Kier molecular flexibility index (Phi) is 6.30. The summed E-state index contributed by atoms with van der Waals surface area (Å²) in [6.45, 7) is 5.76. The predicted octanol–water partition coefficient (Wildman–Crippen LogP) is 2.67. The third kappa shape index (κ3) is 3.64. The van der Waals surface area contributed by atoms with Crippen LogP contribution in [0.4, 0.5) is 5.69 Å². The molecule has 1 amide bonds. The van der Waals surface area contributed by atoms with Crippen molar-refractivity contribution in [1.82, 2.24) is 5.32 Å². The maximum absolute atomic E-state index is 12.2. The number of hydrogen-bond acceptors (Lipinski definition) is 3. The number of halogens is 1. The first kappa shape index (κ1) is 16.8. The molecule has 0 radical (unpaired) electrons. The minimum absolute atomic E-state index is 0. The number of carbonyl (C=O) groups excluding carboxylic acids is 1. The van der Waals surface area contributed by atoms with Crippen LogP contribution in [0.15, 0.2) is 12.1 Å². The van der Waals surface area contributed by atoms with Crippen molar-refractivity contribution in [3.8, 4) is 5.75 Å². The lowest BCUT2D eigenvalue weighted by Gasteiger charge is -2.22. The summed E-state index contributed by atoms with van der Waals surface area (Å²) in [6, 6.07) is 3.92. The van der Waals surface area contributed by atoms with Crippen LogP contribution in [0.2, 0.25) is 0 Å². The standard InChI is InChI=1S/C15H22N2O2.ClH/c1-10-6-7-13(11(2)14(10)19-3)17-15(18)12-5-4-8-16-9-12;/h6-7,12,16H,4-5,8-9H2,1-3H3,(H,17,18);1H/t12-;/m1./s1. The molecule has 1 heterocycles. The molecule has 0 aliphatic carbocycles. The Hall–Kier alpha value is -1.26. The SMILES string of the molecule is COc1c(C)ccc(NC(=O)[C@@H]2CCCNC2)c1C.Cl. The summed E-state index contributed by atoms with van der Waals surface area (Å²) in [5, 5.41) is 6.29. The molecule has 0 spiro atoms. The third-order valence-corrected chi connectivity index (χ3v) is 3.73. The predicted molar refractivity (Wildman–Crippen MR) is 83.9 cm³/mol. The van der Waals surface area contributed by atoms with Gasteiger partial charge >= 0.3 is 0 Å². The average molecular weight is 299 g/mol. The third-order valence-electron chi connectivity index (χ3n) is 3.73. The van der Waals surface area contributed by atoms with Crippen LogP contribution in [-0.2, 0) is 4.79 Å². The summed E-state index contributed by atoms with van der Waals surface area (Å²) in [4.78, 5) is 12.2. The molecule has 2 N–H and O–H groups in total. The monoisotopic (exact) mass is 298 g/mol. The van der Waals surface area contributed by atoms with Crippen LogP contribution in [0.5, 0.6) is 5.75 Å². The van der Waals surface area contributed by atoms with Crippen molar-refractivity contribution in [2.75, 3.05) is 25.5 Å². The molecule has 1 fully saturated rings. The van der Waals surface area contributed by atoms with Gasteiger partial charge in [0.05, 0.1) is 13.0 Å². The van der Waals surface area contributed by atoms with Crippen molar-refractivity contribution in [2.24, 2.45) is 5.92 Å². The topological polar surface area (TPSA) is 50.4 Å². The van der Waals surface area contributed by atoms with Crippen LogP contribution < -0.4 is 15.4 Å². The number of nitrogens with one attached hydrogen (secondary N) is 2. The lowest BCUT2D eigenvalue weighted by Crippen LogP contribution is -2.37. The molecule has 1 aliphatic rings. The van der Waals surface area contributed by atoms with E-state index in [-0.39, 0.29) is 24.2 Å². The number of anilines is 1. The fourth-order valence-corrected chi connectivity index (χ4v) is 2.59. The lowest BCUT2D eigenvalue weighted by atomic mass is 9.98. The zero-order chi connectivity index (χ0) is 13.8. The van der Waals surface area contributed by atoms with Gasteiger partial charge in [-0.3, -0.25) is 4.79 Å². The van der Waals surface area contributed by atoms with Gasteiger partial charge in [-0.25, -0.2) is 0 Å². The lowest BCUT2D eigenvalue weighted by molar-refractivity contribution is -0.120. The first-order valence-corrected chi connectivity index (χ1v) is 6.79. The Labute approximate surface area is 126 Å². The van der Waals surface area contributed by atoms with E-state index in [1.54, 1.807) is 7.11 Å². The number of aryl methyl sites for hydroxylation is 1. The van der Waals surface area contributed by atoms with Gasteiger partial charge in [-0.1, -0.05) is 6.07 Å². The summed E-state index contributed by atoms with van der Waals surface area (Å²) in [5.41, 5.74) is 2.91. The second-order valence-electron chi connectivity index (χ2n) is 5.12. The van der Waals surface area contributed by atoms with Gasteiger partial charge in [0.25, 0.3) is 0 Å². The molecule has 20 heavy (non-hydrogen) atoms. The first-order chi connectivity index (χ1) is 9.13. The Bertz CT molecular complexity index is 471. The highest BCUT2D eigenvalue weighted by Crippen LogP contribution is 2.29. The first-order valence-electron chi connectivity index (χ1n) is 6.79. The molecule has 0 aromatic heterocycles. The summed E-state index contributed by atoms with van der Waals surface area (Å²) < 4.78 is 5.38. The van der Waals surface area contributed by atoms with Gasteiger partial charge in [0, 0.05) is 17.8 Å². The van der Waals surface area contributed by atoms with Crippen LogP contribution >= 0.6 is 12.4 Å². The zero-order valence-electron chi connectivity index (χ0n) is 12.3. The number of rotatable bonds is 3. The molecule has 1 aromatic rings. The fraction of sp³-hybridized carbons (Fsp3) is 0.533. The number of carbonyl (C=O) groups is 1. The minimum Gasteiger partial charge on any atom is -0.496 e. The van der Waals surface area contributed by atoms with Crippen LogP contribution in [0, 0.1) is 19.8 Å². The van der Waals surface area contributed by atoms with Crippen LogP contribution in [-0.4, -0.2) is 26.1 Å².